The van der Waals surface area contributed by atoms with Crippen molar-refractivity contribution in [2.45, 2.75) is 58.5 Å². The van der Waals surface area contributed by atoms with Crippen molar-refractivity contribution in [2.24, 2.45) is 5.92 Å². The largest absolute Gasteiger partial charge is 0.453 e. The molecule has 1 saturated carbocycles. The van der Waals surface area contributed by atoms with E-state index in [0.29, 0.717) is 23.9 Å². The van der Waals surface area contributed by atoms with Gasteiger partial charge in [-0.05, 0) is 26.2 Å². The average Bonchev–Trinajstić information content (AvgIpc) is 3.08. The number of nitrogens with one attached hydrogen (secondary N) is 1. The second-order valence-corrected chi connectivity index (χ2v) is 5.63. The summed E-state index contributed by atoms with van der Waals surface area (Å²) in [4.78, 5) is 23.6. The Balaban J connectivity index is 1.70. The maximum atomic E-state index is 11.8. The monoisotopic (exact) mass is 294 g/mol. The van der Waals surface area contributed by atoms with E-state index in [0.717, 1.165) is 6.42 Å². The molecule has 0 aliphatic heterocycles. The maximum absolute atomic E-state index is 11.8. The molecule has 1 aromatic heterocycles. The van der Waals surface area contributed by atoms with Gasteiger partial charge in [-0.15, -0.1) is 0 Å². The lowest BCUT2D eigenvalue weighted by Crippen LogP contribution is -2.30. The molecule has 2 rings (SSSR count). The lowest BCUT2D eigenvalue weighted by atomic mass is 10.0. The van der Waals surface area contributed by atoms with Gasteiger partial charge in [0.1, 0.15) is 5.76 Å². The fourth-order valence-corrected chi connectivity index (χ4v) is 2.58. The summed E-state index contributed by atoms with van der Waals surface area (Å²) in [6.07, 6.45) is 5.33. The van der Waals surface area contributed by atoms with Gasteiger partial charge >= 0.3 is 5.97 Å². The molecule has 21 heavy (non-hydrogen) atoms. The molecule has 1 fully saturated rings. The van der Waals surface area contributed by atoms with Gasteiger partial charge in [-0.3, -0.25) is 9.59 Å². The third kappa shape index (κ3) is 4.88. The summed E-state index contributed by atoms with van der Waals surface area (Å²) in [5.41, 5.74) is 0. The summed E-state index contributed by atoms with van der Waals surface area (Å²) in [5.74, 6) is 0.844. The number of ether oxygens (including phenoxy) is 1. The Morgan fingerprint density at radius 2 is 2.19 bits per heavy atom. The Kier molecular flexibility index (Phi) is 5.36. The van der Waals surface area contributed by atoms with Crippen molar-refractivity contribution in [3.05, 3.63) is 11.8 Å². The van der Waals surface area contributed by atoms with Gasteiger partial charge in [0, 0.05) is 12.5 Å². The molecule has 116 valence electrons. The number of carbonyl (C=O) groups excluding carboxylic acids is 2. The SMILES string of the molecule is Cc1cc(NC(=O)[C@H](C)OC(=O)CCC2CCCC2)no1. The molecule has 0 radical (unpaired) electrons. The quantitative estimate of drug-likeness (QED) is 0.816. The Morgan fingerprint density at radius 3 is 2.81 bits per heavy atom. The first-order valence-electron chi connectivity index (χ1n) is 7.48. The molecule has 6 heteroatoms. The van der Waals surface area contributed by atoms with Crippen LogP contribution >= 0.6 is 0 Å². The van der Waals surface area contributed by atoms with Gasteiger partial charge in [-0.1, -0.05) is 30.8 Å². The van der Waals surface area contributed by atoms with Crippen molar-refractivity contribution in [3.8, 4) is 0 Å². The van der Waals surface area contributed by atoms with Crippen molar-refractivity contribution in [2.75, 3.05) is 5.32 Å². The highest BCUT2D eigenvalue weighted by molar-refractivity contribution is 5.94. The number of anilines is 1. The summed E-state index contributed by atoms with van der Waals surface area (Å²) in [6.45, 7) is 3.28. The van der Waals surface area contributed by atoms with Crippen molar-refractivity contribution in [1.82, 2.24) is 5.16 Å². The molecular formula is C15H22N2O4. The Morgan fingerprint density at radius 1 is 1.48 bits per heavy atom. The van der Waals surface area contributed by atoms with Gasteiger partial charge in [0.05, 0.1) is 0 Å². The lowest BCUT2D eigenvalue weighted by Gasteiger charge is -2.13. The second kappa shape index (κ2) is 7.24. The third-order valence-electron chi connectivity index (χ3n) is 3.79. The fraction of sp³-hybridized carbons (Fsp3) is 0.667. The first-order chi connectivity index (χ1) is 10.0. The number of nitrogens with zero attached hydrogens (tertiary/aromatic N) is 1. The normalized spacial score (nSPS) is 16.7. The lowest BCUT2D eigenvalue weighted by molar-refractivity contribution is -0.153. The fourth-order valence-electron chi connectivity index (χ4n) is 2.58. The number of hydrogen-bond donors (Lipinski definition) is 1. The van der Waals surface area contributed by atoms with E-state index in [1.165, 1.54) is 25.7 Å². The van der Waals surface area contributed by atoms with Gasteiger partial charge in [-0.2, -0.15) is 0 Å². The van der Waals surface area contributed by atoms with Crippen molar-refractivity contribution >= 4 is 17.7 Å². The topological polar surface area (TPSA) is 81.4 Å². The second-order valence-electron chi connectivity index (χ2n) is 5.63. The molecule has 1 atom stereocenters. The molecule has 1 heterocycles. The van der Waals surface area contributed by atoms with Crippen LogP contribution in [-0.2, 0) is 14.3 Å². The number of esters is 1. The van der Waals surface area contributed by atoms with Crippen LogP contribution in [-0.4, -0.2) is 23.1 Å². The van der Waals surface area contributed by atoms with E-state index in [2.05, 4.69) is 10.5 Å². The number of amides is 1. The summed E-state index contributed by atoms with van der Waals surface area (Å²) in [5, 5.41) is 6.20. The first kappa shape index (κ1) is 15.5. The van der Waals surface area contributed by atoms with E-state index in [4.69, 9.17) is 9.26 Å². The van der Waals surface area contributed by atoms with Gasteiger partial charge in [-0.25, -0.2) is 0 Å². The third-order valence-corrected chi connectivity index (χ3v) is 3.79. The van der Waals surface area contributed by atoms with E-state index in [1.54, 1.807) is 19.9 Å². The summed E-state index contributed by atoms with van der Waals surface area (Å²) >= 11 is 0. The highest BCUT2D eigenvalue weighted by Gasteiger charge is 2.21. The van der Waals surface area contributed by atoms with Crippen LogP contribution in [0.3, 0.4) is 0 Å². The van der Waals surface area contributed by atoms with Crippen LogP contribution in [0.25, 0.3) is 0 Å². The zero-order valence-electron chi connectivity index (χ0n) is 12.6. The summed E-state index contributed by atoms with van der Waals surface area (Å²) in [6, 6.07) is 1.60. The molecule has 0 saturated heterocycles. The maximum Gasteiger partial charge on any atom is 0.306 e. The molecule has 0 bridgehead atoms. The minimum atomic E-state index is -0.835. The van der Waals surface area contributed by atoms with E-state index >= 15 is 0 Å². The van der Waals surface area contributed by atoms with Gasteiger partial charge in [0.25, 0.3) is 5.91 Å². The van der Waals surface area contributed by atoms with E-state index < -0.39 is 12.0 Å². The molecule has 1 aromatic rings. The minimum absolute atomic E-state index is 0.319. The molecule has 0 unspecified atom stereocenters. The highest BCUT2D eigenvalue weighted by atomic mass is 16.5. The predicted octanol–water partition coefficient (Wildman–Crippen LogP) is 2.82. The minimum Gasteiger partial charge on any atom is -0.453 e. The van der Waals surface area contributed by atoms with Crippen LogP contribution in [0.1, 0.15) is 51.2 Å². The average molecular weight is 294 g/mol. The smallest absolute Gasteiger partial charge is 0.306 e. The Bertz CT molecular complexity index is 492. The van der Waals surface area contributed by atoms with Gasteiger partial charge < -0.3 is 14.6 Å². The molecule has 1 amide bonds. The standard InChI is InChI=1S/C15H22N2O4/c1-10-9-13(17-21-10)16-15(19)11(2)20-14(18)8-7-12-5-3-4-6-12/h9,11-12H,3-8H2,1-2H3,(H,16,17,19)/t11-/m0/s1. The Hall–Kier alpha value is -1.85. The predicted molar refractivity (Wildman–Crippen MR) is 76.6 cm³/mol. The van der Waals surface area contributed by atoms with E-state index in [-0.39, 0.29) is 5.97 Å². The number of aromatic nitrogens is 1. The molecule has 0 spiro atoms. The van der Waals surface area contributed by atoms with Gasteiger partial charge in [0.15, 0.2) is 11.9 Å². The van der Waals surface area contributed by atoms with Crippen LogP contribution in [0.15, 0.2) is 10.6 Å². The van der Waals surface area contributed by atoms with Crippen LogP contribution in [0.4, 0.5) is 5.82 Å². The van der Waals surface area contributed by atoms with Gasteiger partial charge in [0.2, 0.25) is 0 Å². The molecule has 6 nitrogen and oxygen atoms in total. The molecule has 0 aromatic carbocycles. The number of hydrogen-bond acceptors (Lipinski definition) is 5. The highest BCUT2D eigenvalue weighted by Crippen LogP contribution is 2.28. The van der Waals surface area contributed by atoms with E-state index in [9.17, 15) is 9.59 Å². The summed E-state index contributed by atoms with van der Waals surface area (Å²) in [7, 11) is 0. The molecular weight excluding hydrogens is 272 g/mol. The van der Waals surface area contributed by atoms with Crippen LogP contribution in [0.2, 0.25) is 0 Å². The molecule has 1 N–H and O–H groups in total. The van der Waals surface area contributed by atoms with Crippen molar-refractivity contribution in [3.63, 3.8) is 0 Å². The van der Waals surface area contributed by atoms with E-state index in [1.807, 2.05) is 0 Å². The first-order valence-corrected chi connectivity index (χ1v) is 7.48. The van der Waals surface area contributed by atoms with Crippen LogP contribution in [0.5, 0.6) is 0 Å². The van der Waals surface area contributed by atoms with Crippen molar-refractivity contribution < 1.29 is 18.8 Å². The number of aryl methyl sites for hydroxylation is 1. The van der Waals surface area contributed by atoms with Crippen LogP contribution < -0.4 is 5.32 Å². The zero-order chi connectivity index (χ0) is 15.2. The summed E-state index contributed by atoms with van der Waals surface area (Å²) < 4.78 is 9.99. The van der Waals surface area contributed by atoms with Crippen LogP contribution in [0, 0.1) is 12.8 Å². The molecule has 1 aliphatic carbocycles. The zero-order valence-corrected chi connectivity index (χ0v) is 12.6. The van der Waals surface area contributed by atoms with Crippen molar-refractivity contribution in [1.29, 1.82) is 0 Å². The Labute approximate surface area is 124 Å². The molecule has 1 aliphatic rings. The number of rotatable bonds is 6. The number of carbonyl (C=O) groups is 2.